The Bertz CT molecular complexity index is 902. The summed E-state index contributed by atoms with van der Waals surface area (Å²) >= 11 is 0. The molecule has 4 heterocycles. The van der Waals surface area contributed by atoms with Crippen LogP contribution in [0.1, 0.15) is 43.5 Å². The Balaban J connectivity index is 1.46. The lowest BCUT2D eigenvalue weighted by Gasteiger charge is -2.31. The van der Waals surface area contributed by atoms with Gasteiger partial charge in [-0.25, -0.2) is 13.5 Å². The van der Waals surface area contributed by atoms with Crippen LogP contribution in [0.5, 0.6) is 0 Å². The fourth-order valence-electron chi connectivity index (χ4n) is 4.81. The topological polar surface area (TPSA) is 70.9 Å². The number of fused-ring (bicyclic) bond motifs is 2. The van der Waals surface area contributed by atoms with E-state index in [2.05, 4.69) is 20.6 Å². The molecule has 2 atom stereocenters. The van der Waals surface area contributed by atoms with Crippen molar-refractivity contribution in [1.82, 2.24) is 25.1 Å². The molecule has 3 fully saturated rings. The van der Waals surface area contributed by atoms with Crippen LogP contribution in [-0.4, -0.2) is 56.9 Å². The minimum atomic E-state index is -2.54. The van der Waals surface area contributed by atoms with Crippen LogP contribution in [0, 0.1) is 13.8 Å². The van der Waals surface area contributed by atoms with Gasteiger partial charge in [0, 0.05) is 55.8 Å². The number of hydrogen-bond acceptors (Lipinski definition) is 6. The van der Waals surface area contributed by atoms with E-state index in [9.17, 15) is 8.78 Å². The predicted molar refractivity (Wildman–Crippen MR) is 107 cm³/mol. The highest BCUT2D eigenvalue weighted by Gasteiger charge is 2.39. The molecule has 1 aliphatic carbocycles. The van der Waals surface area contributed by atoms with E-state index in [1.807, 2.05) is 30.7 Å². The van der Waals surface area contributed by atoms with E-state index in [0.29, 0.717) is 36.7 Å². The van der Waals surface area contributed by atoms with Crippen LogP contribution in [-0.2, 0) is 0 Å². The maximum atomic E-state index is 13.5. The van der Waals surface area contributed by atoms with Gasteiger partial charge >= 0.3 is 0 Å². The lowest BCUT2D eigenvalue weighted by atomic mass is 9.92. The molecular formula is C20H27F2N7. The molecule has 1 saturated carbocycles. The van der Waals surface area contributed by atoms with Crippen molar-refractivity contribution in [2.45, 2.75) is 70.0 Å². The number of aromatic nitrogens is 4. The summed E-state index contributed by atoms with van der Waals surface area (Å²) in [5.41, 5.74) is 1.93. The standard InChI is InChI=1S/C20H27F2N7/c1-12-7-13(2)29(27-12)18-9-17(28-11-15-8-16(28)10-23-15)25-19(26-18)24-14-3-5-20(21,22)6-4-14/h7,9,14-16,23H,3-6,8,10-11H2,1-2H3,(H,24,25,26)/t15-,16-/m1/s1. The summed E-state index contributed by atoms with van der Waals surface area (Å²) in [6.45, 7) is 5.84. The molecule has 0 aromatic carbocycles. The average Bonchev–Trinajstić information content (AvgIpc) is 3.39. The number of halogens is 2. The van der Waals surface area contributed by atoms with Gasteiger partial charge in [0.2, 0.25) is 11.9 Å². The van der Waals surface area contributed by atoms with Gasteiger partial charge in [0.1, 0.15) is 5.82 Å². The number of alkyl halides is 2. The lowest BCUT2D eigenvalue weighted by Crippen LogP contribution is -2.44. The van der Waals surface area contributed by atoms with E-state index in [4.69, 9.17) is 9.97 Å². The number of hydrogen-bond donors (Lipinski definition) is 2. The molecule has 2 saturated heterocycles. The maximum Gasteiger partial charge on any atom is 0.248 e. The number of anilines is 2. The molecule has 2 aromatic rings. The first kappa shape index (κ1) is 18.7. The maximum absolute atomic E-state index is 13.5. The summed E-state index contributed by atoms with van der Waals surface area (Å²) < 4.78 is 28.9. The van der Waals surface area contributed by atoms with Gasteiger partial charge in [-0.05, 0) is 39.2 Å². The van der Waals surface area contributed by atoms with Gasteiger partial charge in [-0.1, -0.05) is 0 Å². The molecule has 0 unspecified atom stereocenters. The van der Waals surface area contributed by atoms with Crippen LogP contribution < -0.4 is 15.5 Å². The molecule has 156 valence electrons. The third kappa shape index (κ3) is 3.68. The van der Waals surface area contributed by atoms with Gasteiger partial charge in [-0.2, -0.15) is 15.1 Å². The van der Waals surface area contributed by atoms with E-state index in [0.717, 1.165) is 36.7 Å². The second-order valence-electron chi connectivity index (χ2n) is 8.67. The van der Waals surface area contributed by atoms with Gasteiger partial charge in [0.15, 0.2) is 5.82 Å². The molecule has 0 amide bonds. The van der Waals surface area contributed by atoms with Gasteiger partial charge in [0.25, 0.3) is 0 Å². The minimum Gasteiger partial charge on any atom is -0.351 e. The van der Waals surface area contributed by atoms with Gasteiger partial charge in [-0.3, -0.25) is 0 Å². The Kier molecular flexibility index (Phi) is 4.45. The molecule has 2 N–H and O–H groups in total. The molecule has 5 rings (SSSR count). The van der Waals surface area contributed by atoms with Crippen LogP contribution in [0.15, 0.2) is 12.1 Å². The first-order valence-corrected chi connectivity index (χ1v) is 10.4. The van der Waals surface area contributed by atoms with Crippen LogP contribution in [0.3, 0.4) is 0 Å². The Morgan fingerprint density at radius 3 is 2.52 bits per heavy atom. The highest BCUT2D eigenvalue weighted by molar-refractivity contribution is 5.52. The summed E-state index contributed by atoms with van der Waals surface area (Å²) in [7, 11) is 0. The van der Waals surface area contributed by atoms with Gasteiger partial charge in [-0.15, -0.1) is 0 Å². The van der Waals surface area contributed by atoms with Crippen molar-refractivity contribution in [2.75, 3.05) is 23.3 Å². The van der Waals surface area contributed by atoms with E-state index < -0.39 is 5.92 Å². The molecule has 2 bridgehead atoms. The number of piperazine rings is 1. The molecule has 2 aromatic heterocycles. The second kappa shape index (κ2) is 6.90. The fourth-order valence-corrected chi connectivity index (χ4v) is 4.81. The molecule has 7 nitrogen and oxygen atoms in total. The van der Waals surface area contributed by atoms with E-state index in [1.165, 1.54) is 0 Å². The highest BCUT2D eigenvalue weighted by atomic mass is 19.3. The first-order valence-electron chi connectivity index (χ1n) is 10.4. The molecule has 2 aliphatic heterocycles. The van der Waals surface area contributed by atoms with E-state index >= 15 is 0 Å². The Morgan fingerprint density at radius 1 is 1.14 bits per heavy atom. The van der Waals surface area contributed by atoms with Crippen molar-refractivity contribution >= 4 is 11.8 Å². The Hall–Kier alpha value is -2.29. The number of nitrogens with zero attached hydrogens (tertiary/aromatic N) is 5. The van der Waals surface area contributed by atoms with Gasteiger partial charge in [0.05, 0.1) is 5.69 Å². The smallest absolute Gasteiger partial charge is 0.248 e. The summed E-state index contributed by atoms with van der Waals surface area (Å²) in [4.78, 5) is 11.8. The summed E-state index contributed by atoms with van der Waals surface area (Å²) in [5, 5.41) is 11.4. The average molecular weight is 403 g/mol. The van der Waals surface area contributed by atoms with Crippen molar-refractivity contribution in [1.29, 1.82) is 0 Å². The minimum absolute atomic E-state index is 0.0325. The third-order valence-corrected chi connectivity index (χ3v) is 6.33. The summed E-state index contributed by atoms with van der Waals surface area (Å²) in [5.74, 6) is -0.464. The van der Waals surface area contributed by atoms with Crippen LogP contribution in [0.4, 0.5) is 20.5 Å². The second-order valence-corrected chi connectivity index (χ2v) is 8.67. The van der Waals surface area contributed by atoms with Crippen molar-refractivity contribution in [3.8, 4) is 5.82 Å². The van der Waals surface area contributed by atoms with Crippen molar-refractivity contribution in [3.05, 3.63) is 23.5 Å². The quantitative estimate of drug-likeness (QED) is 0.818. The van der Waals surface area contributed by atoms with Crippen LogP contribution in [0.25, 0.3) is 5.82 Å². The zero-order chi connectivity index (χ0) is 20.2. The zero-order valence-corrected chi connectivity index (χ0v) is 16.8. The molecule has 3 aliphatic rings. The van der Waals surface area contributed by atoms with Crippen LogP contribution >= 0.6 is 0 Å². The van der Waals surface area contributed by atoms with Crippen LogP contribution in [0.2, 0.25) is 0 Å². The third-order valence-electron chi connectivity index (χ3n) is 6.33. The Labute approximate surface area is 168 Å². The summed E-state index contributed by atoms with van der Waals surface area (Å²) in [6.07, 6.45) is 1.80. The normalized spacial score (nSPS) is 26.3. The predicted octanol–water partition coefficient (Wildman–Crippen LogP) is 2.82. The van der Waals surface area contributed by atoms with Crippen molar-refractivity contribution in [2.24, 2.45) is 0 Å². The van der Waals surface area contributed by atoms with Crippen molar-refractivity contribution < 1.29 is 8.78 Å². The Morgan fingerprint density at radius 2 is 1.90 bits per heavy atom. The largest absolute Gasteiger partial charge is 0.351 e. The monoisotopic (exact) mass is 403 g/mol. The zero-order valence-electron chi connectivity index (χ0n) is 16.8. The number of nitrogens with one attached hydrogen (secondary N) is 2. The number of rotatable bonds is 4. The molecule has 9 heteroatoms. The van der Waals surface area contributed by atoms with E-state index in [1.54, 1.807) is 0 Å². The molecule has 0 radical (unpaired) electrons. The van der Waals surface area contributed by atoms with Crippen molar-refractivity contribution in [3.63, 3.8) is 0 Å². The molecule has 29 heavy (non-hydrogen) atoms. The van der Waals surface area contributed by atoms with Gasteiger partial charge < -0.3 is 15.5 Å². The van der Waals surface area contributed by atoms with E-state index in [-0.39, 0.29) is 18.9 Å². The summed E-state index contributed by atoms with van der Waals surface area (Å²) in [6, 6.07) is 4.91. The lowest BCUT2D eigenvalue weighted by molar-refractivity contribution is -0.0361. The fraction of sp³-hybridized carbons (Fsp3) is 0.650. The SMILES string of the molecule is Cc1cc(C)n(-c2cc(N3C[C@H]4C[C@@H]3CN4)nc(NC3CCC(F)(F)CC3)n2)n1. The number of aryl methyl sites for hydroxylation is 2. The first-order chi connectivity index (χ1) is 13.9. The molecule has 0 spiro atoms. The molecular weight excluding hydrogens is 376 g/mol. The highest BCUT2D eigenvalue weighted by Crippen LogP contribution is 2.35.